The van der Waals surface area contributed by atoms with E-state index in [-0.39, 0.29) is 24.4 Å². The molecule has 1 N–H and O–H groups in total. The van der Waals surface area contributed by atoms with Crippen LogP contribution in [0.4, 0.5) is 4.39 Å². The number of nitrogens with zero attached hydrogens (tertiary/aromatic N) is 1. The molecule has 2 atom stereocenters. The van der Waals surface area contributed by atoms with Crippen molar-refractivity contribution in [3.63, 3.8) is 0 Å². The molecule has 0 bridgehead atoms. The lowest BCUT2D eigenvalue weighted by Gasteiger charge is -2.33. The number of benzene rings is 1. The van der Waals surface area contributed by atoms with Crippen LogP contribution in [0.25, 0.3) is 0 Å². The van der Waals surface area contributed by atoms with Crippen molar-refractivity contribution in [3.05, 3.63) is 34.1 Å². The van der Waals surface area contributed by atoms with Crippen LogP contribution < -0.4 is 0 Å². The third kappa shape index (κ3) is 4.28. The molecule has 1 aromatic rings. The maximum atomic E-state index is 13.9. The SMILES string of the molecule is CCC(C)N(CC(=O)O)C(C)c1cc(Br)ccc1F. The summed E-state index contributed by atoms with van der Waals surface area (Å²) in [6.07, 6.45) is 0.813. The minimum atomic E-state index is -0.900. The van der Waals surface area contributed by atoms with Crippen molar-refractivity contribution in [2.75, 3.05) is 6.54 Å². The van der Waals surface area contributed by atoms with Crippen molar-refractivity contribution < 1.29 is 14.3 Å². The Balaban J connectivity index is 3.07. The number of hydrogen-bond acceptors (Lipinski definition) is 2. The van der Waals surface area contributed by atoms with Crippen LogP contribution in [-0.4, -0.2) is 28.6 Å². The van der Waals surface area contributed by atoms with Crippen LogP contribution in [0.2, 0.25) is 0 Å². The molecule has 0 spiro atoms. The fourth-order valence-corrected chi connectivity index (χ4v) is 2.46. The Morgan fingerprint density at radius 1 is 1.47 bits per heavy atom. The number of carbonyl (C=O) groups is 1. The van der Waals surface area contributed by atoms with E-state index in [0.29, 0.717) is 5.56 Å². The van der Waals surface area contributed by atoms with Gasteiger partial charge in [-0.15, -0.1) is 0 Å². The summed E-state index contributed by atoms with van der Waals surface area (Å²) in [6.45, 7) is 5.68. The van der Waals surface area contributed by atoms with Crippen LogP contribution in [0.15, 0.2) is 22.7 Å². The first-order valence-electron chi connectivity index (χ1n) is 6.29. The average Bonchev–Trinajstić information content (AvgIpc) is 2.37. The van der Waals surface area contributed by atoms with E-state index in [4.69, 9.17) is 5.11 Å². The summed E-state index contributed by atoms with van der Waals surface area (Å²) in [5, 5.41) is 9.00. The Morgan fingerprint density at radius 3 is 2.63 bits per heavy atom. The van der Waals surface area contributed by atoms with Crippen LogP contribution in [0.1, 0.15) is 38.8 Å². The number of carboxylic acids is 1. The molecule has 0 fully saturated rings. The molecule has 0 radical (unpaired) electrons. The Labute approximate surface area is 121 Å². The van der Waals surface area contributed by atoms with Gasteiger partial charge < -0.3 is 5.11 Å². The molecule has 19 heavy (non-hydrogen) atoms. The minimum Gasteiger partial charge on any atom is -0.480 e. The van der Waals surface area contributed by atoms with Gasteiger partial charge in [0.2, 0.25) is 0 Å². The summed E-state index contributed by atoms with van der Waals surface area (Å²) in [6, 6.07) is 4.52. The predicted molar refractivity (Wildman–Crippen MR) is 76.6 cm³/mol. The first-order chi connectivity index (χ1) is 8.86. The molecule has 0 aliphatic carbocycles. The zero-order valence-electron chi connectivity index (χ0n) is 11.4. The Bertz CT molecular complexity index is 453. The Morgan fingerprint density at radius 2 is 2.11 bits per heavy atom. The lowest BCUT2D eigenvalue weighted by atomic mass is 10.0. The number of rotatable bonds is 6. The Kier molecular flexibility index (Phi) is 5.94. The highest BCUT2D eigenvalue weighted by Gasteiger charge is 2.24. The van der Waals surface area contributed by atoms with E-state index >= 15 is 0 Å². The summed E-state index contributed by atoms with van der Waals surface area (Å²) < 4.78 is 14.7. The van der Waals surface area contributed by atoms with E-state index in [9.17, 15) is 9.18 Å². The molecule has 106 valence electrons. The summed E-state index contributed by atoms with van der Waals surface area (Å²) in [5.41, 5.74) is 0.510. The van der Waals surface area contributed by atoms with Crippen molar-refractivity contribution in [2.24, 2.45) is 0 Å². The molecule has 0 saturated carbocycles. The molecule has 0 aliphatic heterocycles. The van der Waals surface area contributed by atoms with Crippen molar-refractivity contribution in [2.45, 2.75) is 39.3 Å². The van der Waals surface area contributed by atoms with Gasteiger partial charge in [-0.05, 0) is 38.5 Å². The molecule has 1 rings (SSSR count). The number of aliphatic carboxylic acids is 1. The summed E-state index contributed by atoms with van der Waals surface area (Å²) in [5.74, 6) is -1.21. The maximum Gasteiger partial charge on any atom is 0.317 e. The van der Waals surface area contributed by atoms with Gasteiger partial charge in [-0.2, -0.15) is 0 Å². The van der Waals surface area contributed by atoms with Crippen molar-refractivity contribution in [1.29, 1.82) is 0 Å². The van der Waals surface area contributed by atoms with Gasteiger partial charge >= 0.3 is 5.97 Å². The quantitative estimate of drug-likeness (QED) is 0.861. The van der Waals surface area contributed by atoms with E-state index in [1.54, 1.807) is 17.0 Å². The fourth-order valence-electron chi connectivity index (χ4n) is 2.08. The number of hydrogen-bond donors (Lipinski definition) is 1. The second-order valence-corrected chi connectivity index (χ2v) is 5.58. The number of carboxylic acid groups (broad SMARTS) is 1. The van der Waals surface area contributed by atoms with Crippen LogP contribution in [0.3, 0.4) is 0 Å². The van der Waals surface area contributed by atoms with E-state index < -0.39 is 5.97 Å². The van der Waals surface area contributed by atoms with E-state index in [1.165, 1.54) is 6.07 Å². The second-order valence-electron chi connectivity index (χ2n) is 4.67. The van der Waals surface area contributed by atoms with E-state index in [0.717, 1.165) is 10.9 Å². The third-order valence-electron chi connectivity index (χ3n) is 3.38. The lowest BCUT2D eigenvalue weighted by molar-refractivity contribution is -0.139. The topological polar surface area (TPSA) is 40.5 Å². The van der Waals surface area contributed by atoms with Crippen molar-refractivity contribution in [3.8, 4) is 0 Å². The molecular formula is C14H19BrFNO2. The normalized spacial score (nSPS) is 14.4. The summed E-state index contributed by atoms with van der Waals surface area (Å²) in [4.78, 5) is 12.8. The monoisotopic (exact) mass is 331 g/mol. The van der Waals surface area contributed by atoms with Gasteiger partial charge in [0.25, 0.3) is 0 Å². The largest absolute Gasteiger partial charge is 0.480 e. The minimum absolute atomic E-state index is 0.0736. The van der Waals surface area contributed by atoms with Gasteiger partial charge in [0.05, 0.1) is 6.54 Å². The van der Waals surface area contributed by atoms with Gasteiger partial charge in [0.15, 0.2) is 0 Å². The van der Waals surface area contributed by atoms with Crippen LogP contribution in [-0.2, 0) is 4.79 Å². The molecule has 2 unspecified atom stereocenters. The summed E-state index contributed by atoms with van der Waals surface area (Å²) in [7, 11) is 0. The molecule has 0 aliphatic rings. The standard InChI is InChI=1S/C14H19BrFNO2/c1-4-9(2)17(8-14(18)19)10(3)12-7-11(15)5-6-13(12)16/h5-7,9-10H,4,8H2,1-3H3,(H,18,19). The predicted octanol–water partition coefficient (Wildman–Crippen LogP) is 3.83. The highest BCUT2D eigenvalue weighted by atomic mass is 79.9. The van der Waals surface area contributed by atoms with Gasteiger partial charge in [0, 0.05) is 22.1 Å². The van der Waals surface area contributed by atoms with Gasteiger partial charge in [-0.1, -0.05) is 22.9 Å². The van der Waals surface area contributed by atoms with Crippen LogP contribution in [0.5, 0.6) is 0 Å². The van der Waals surface area contributed by atoms with Crippen LogP contribution >= 0.6 is 15.9 Å². The highest BCUT2D eigenvalue weighted by Crippen LogP contribution is 2.28. The highest BCUT2D eigenvalue weighted by molar-refractivity contribution is 9.10. The van der Waals surface area contributed by atoms with Crippen molar-refractivity contribution >= 4 is 21.9 Å². The van der Waals surface area contributed by atoms with Crippen LogP contribution in [0, 0.1) is 5.82 Å². The molecule has 5 heteroatoms. The molecule has 0 amide bonds. The molecule has 1 aromatic carbocycles. The molecule has 3 nitrogen and oxygen atoms in total. The third-order valence-corrected chi connectivity index (χ3v) is 3.87. The first-order valence-corrected chi connectivity index (χ1v) is 7.08. The second kappa shape index (κ2) is 7.01. The smallest absolute Gasteiger partial charge is 0.317 e. The molecule has 0 aromatic heterocycles. The first kappa shape index (κ1) is 16.1. The zero-order chi connectivity index (χ0) is 14.6. The molecular weight excluding hydrogens is 313 g/mol. The molecule has 0 heterocycles. The summed E-state index contributed by atoms with van der Waals surface area (Å²) >= 11 is 3.32. The average molecular weight is 332 g/mol. The van der Waals surface area contributed by atoms with E-state index in [2.05, 4.69) is 15.9 Å². The van der Waals surface area contributed by atoms with Gasteiger partial charge in [-0.3, -0.25) is 9.69 Å². The maximum absolute atomic E-state index is 13.9. The van der Waals surface area contributed by atoms with E-state index in [1.807, 2.05) is 20.8 Å². The number of halogens is 2. The van der Waals surface area contributed by atoms with Gasteiger partial charge in [0.1, 0.15) is 5.82 Å². The van der Waals surface area contributed by atoms with Crippen molar-refractivity contribution in [1.82, 2.24) is 4.90 Å². The fraction of sp³-hybridized carbons (Fsp3) is 0.500. The van der Waals surface area contributed by atoms with Gasteiger partial charge in [-0.25, -0.2) is 4.39 Å². The zero-order valence-corrected chi connectivity index (χ0v) is 12.9. The Hall–Kier alpha value is -0.940. The lowest BCUT2D eigenvalue weighted by Crippen LogP contribution is -2.39. The molecule has 0 saturated heterocycles.